The first-order chi connectivity index (χ1) is 8.54. The Labute approximate surface area is 103 Å². The molecule has 0 saturated carbocycles. The molecular formula is C12H14F2N2O2. The molecule has 1 atom stereocenters. The third-order valence-corrected chi connectivity index (χ3v) is 3.14. The molecular weight excluding hydrogens is 242 g/mol. The molecule has 4 nitrogen and oxygen atoms in total. The lowest BCUT2D eigenvalue weighted by Crippen LogP contribution is -2.38. The van der Waals surface area contributed by atoms with Crippen LogP contribution >= 0.6 is 0 Å². The quantitative estimate of drug-likeness (QED) is 0.780. The third kappa shape index (κ3) is 2.15. The van der Waals surface area contributed by atoms with Gasteiger partial charge in [-0.05, 0) is 25.0 Å². The Morgan fingerprint density at radius 1 is 1.50 bits per heavy atom. The van der Waals surface area contributed by atoms with Gasteiger partial charge in [0.15, 0.2) is 5.82 Å². The second-order valence-corrected chi connectivity index (χ2v) is 4.33. The van der Waals surface area contributed by atoms with Crippen molar-refractivity contribution in [2.45, 2.75) is 18.9 Å². The molecule has 1 aromatic carbocycles. The van der Waals surface area contributed by atoms with Gasteiger partial charge in [-0.25, -0.2) is 8.78 Å². The van der Waals surface area contributed by atoms with Crippen LogP contribution in [-0.4, -0.2) is 35.1 Å². The summed E-state index contributed by atoms with van der Waals surface area (Å²) in [7, 11) is 0. The molecule has 1 aromatic rings. The van der Waals surface area contributed by atoms with Gasteiger partial charge in [0.05, 0.1) is 23.9 Å². The lowest BCUT2D eigenvalue weighted by atomic mass is 10.1. The van der Waals surface area contributed by atoms with Crippen LogP contribution in [0.2, 0.25) is 0 Å². The van der Waals surface area contributed by atoms with E-state index in [1.165, 1.54) is 4.90 Å². The summed E-state index contributed by atoms with van der Waals surface area (Å²) >= 11 is 0. The van der Waals surface area contributed by atoms with Crippen LogP contribution in [0.1, 0.15) is 23.2 Å². The van der Waals surface area contributed by atoms with Crippen LogP contribution in [0.4, 0.5) is 14.5 Å². The highest BCUT2D eigenvalue weighted by Crippen LogP contribution is 2.24. The zero-order valence-electron chi connectivity index (χ0n) is 9.70. The Morgan fingerprint density at radius 3 is 2.89 bits per heavy atom. The number of hydrogen-bond acceptors (Lipinski definition) is 3. The van der Waals surface area contributed by atoms with Gasteiger partial charge in [0.1, 0.15) is 5.82 Å². The van der Waals surface area contributed by atoms with E-state index in [9.17, 15) is 13.6 Å². The molecule has 1 saturated heterocycles. The van der Waals surface area contributed by atoms with Crippen molar-refractivity contribution in [1.29, 1.82) is 0 Å². The number of benzene rings is 1. The largest absolute Gasteiger partial charge is 0.396 e. The first kappa shape index (κ1) is 12.8. The van der Waals surface area contributed by atoms with Crippen molar-refractivity contribution in [2.75, 3.05) is 18.9 Å². The molecule has 1 fully saturated rings. The molecule has 0 spiro atoms. The molecule has 0 bridgehead atoms. The second-order valence-electron chi connectivity index (χ2n) is 4.33. The van der Waals surface area contributed by atoms with Crippen molar-refractivity contribution in [3.05, 3.63) is 29.3 Å². The summed E-state index contributed by atoms with van der Waals surface area (Å²) in [4.78, 5) is 13.5. The predicted molar refractivity (Wildman–Crippen MR) is 61.9 cm³/mol. The number of likely N-dealkylation sites (tertiary alicyclic amines) is 1. The topological polar surface area (TPSA) is 66.6 Å². The number of rotatable bonds is 2. The average Bonchev–Trinajstić information content (AvgIpc) is 2.81. The van der Waals surface area contributed by atoms with Crippen LogP contribution in [0.3, 0.4) is 0 Å². The van der Waals surface area contributed by atoms with Gasteiger partial charge in [-0.3, -0.25) is 4.79 Å². The molecule has 0 aromatic heterocycles. The number of carbonyl (C=O) groups is 1. The van der Waals surface area contributed by atoms with Crippen LogP contribution in [-0.2, 0) is 0 Å². The average molecular weight is 256 g/mol. The van der Waals surface area contributed by atoms with Gasteiger partial charge in [-0.15, -0.1) is 0 Å². The van der Waals surface area contributed by atoms with E-state index in [2.05, 4.69) is 0 Å². The monoisotopic (exact) mass is 256 g/mol. The fourth-order valence-corrected chi connectivity index (χ4v) is 2.21. The Balaban J connectivity index is 2.34. The molecule has 6 heteroatoms. The van der Waals surface area contributed by atoms with Crippen LogP contribution < -0.4 is 5.73 Å². The van der Waals surface area contributed by atoms with Crippen molar-refractivity contribution in [3.8, 4) is 0 Å². The van der Waals surface area contributed by atoms with Crippen molar-refractivity contribution in [3.63, 3.8) is 0 Å². The maximum absolute atomic E-state index is 13.7. The summed E-state index contributed by atoms with van der Waals surface area (Å²) in [6, 6.07) is 1.34. The number of hydrogen-bond donors (Lipinski definition) is 2. The van der Waals surface area contributed by atoms with E-state index < -0.39 is 23.2 Å². The van der Waals surface area contributed by atoms with Crippen LogP contribution in [0.5, 0.6) is 0 Å². The first-order valence-electron chi connectivity index (χ1n) is 5.71. The molecule has 0 aliphatic carbocycles. The first-order valence-corrected chi connectivity index (χ1v) is 5.71. The van der Waals surface area contributed by atoms with E-state index in [1.807, 2.05) is 0 Å². The van der Waals surface area contributed by atoms with Gasteiger partial charge < -0.3 is 15.7 Å². The Morgan fingerprint density at radius 2 is 2.22 bits per heavy atom. The molecule has 1 aliphatic heterocycles. The summed E-state index contributed by atoms with van der Waals surface area (Å²) in [5.41, 5.74) is 4.52. The smallest absolute Gasteiger partial charge is 0.257 e. The van der Waals surface area contributed by atoms with Crippen molar-refractivity contribution in [1.82, 2.24) is 4.90 Å². The highest BCUT2D eigenvalue weighted by Gasteiger charge is 2.30. The zero-order valence-corrected chi connectivity index (χ0v) is 9.70. The number of anilines is 1. The zero-order chi connectivity index (χ0) is 13.3. The molecule has 2 rings (SSSR count). The van der Waals surface area contributed by atoms with E-state index >= 15 is 0 Å². The van der Waals surface area contributed by atoms with Crippen molar-refractivity contribution >= 4 is 11.6 Å². The summed E-state index contributed by atoms with van der Waals surface area (Å²) in [6.45, 7) is 0.248. The van der Waals surface area contributed by atoms with Gasteiger partial charge >= 0.3 is 0 Å². The molecule has 0 unspecified atom stereocenters. The number of aliphatic hydroxyl groups excluding tert-OH is 1. The normalized spacial score (nSPS) is 19.3. The van der Waals surface area contributed by atoms with E-state index in [1.54, 1.807) is 0 Å². The van der Waals surface area contributed by atoms with Crippen molar-refractivity contribution in [2.24, 2.45) is 0 Å². The number of halogens is 2. The summed E-state index contributed by atoms with van der Waals surface area (Å²) in [6.07, 6.45) is 1.40. The van der Waals surface area contributed by atoms with Crippen LogP contribution in [0, 0.1) is 11.6 Å². The molecule has 18 heavy (non-hydrogen) atoms. The maximum Gasteiger partial charge on any atom is 0.257 e. The fourth-order valence-electron chi connectivity index (χ4n) is 2.21. The van der Waals surface area contributed by atoms with Gasteiger partial charge in [-0.2, -0.15) is 0 Å². The highest BCUT2D eigenvalue weighted by molar-refractivity contribution is 5.95. The minimum absolute atomic E-state index is 0.182. The van der Waals surface area contributed by atoms with E-state index in [0.29, 0.717) is 13.0 Å². The lowest BCUT2D eigenvalue weighted by molar-refractivity contribution is 0.0672. The Hall–Kier alpha value is -1.69. The summed E-state index contributed by atoms with van der Waals surface area (Å²) in [5.74, 6) is -2.29. The van der Waals surface area contributed by atoms with Gasteiger partial charge in [0, 0.05) is 6.54 Å². The minimum Gasteiger partial charge on any atom is -0.396 e. The third-order valence-electron chi connectivity index (χ3n) is 3.14. The molecule has 0 radical (unpaired) electrons. The van der Waals surface area contributed by atoms with Gasteiger partial charge in [0.2, 0.25) is 0 Å². The van der Waals surface area contributed by atoms with E-state index in [-0.39, 0.29) is 18.2 Å². The van der Waals surface area contributed by atoms with Crippen molar-refractivity contribution < 1.29 is 18.7 Å². The summed E-state index contributed by atoms with van der Waals surface area (Å²) in [5, 5.41) is 9.12. The molecule has 1 amide bonds. The fraction of sp³-hybridized carbons (Fsp3) is 0.417. The number of carbonyl (C=O) groups excluding carboxylic acids is 1. The minimum atomic E-state index is -0.912. The number of nitrogens with zero attached hydrogens (tertiary/aromatic N) is 1. The van der Waals surface area contributed by atoms with Gasteiger partial charge in [-0.1, -0.05) is 0 Å². The number of aliphatic hydroxyl groups is 1. The van der Waals surface area contributed by atoms with Crippen LogP contribution in [0.15, 0.2) is 12.1 Å². The van der Waals surface area contributed by atoms with Crippen LogP contribution in [0.25, 0.3) is 0 Å². The SMILES string of the molecule is Nc1cc(F)cc(C(=O)N2CCC[C@H]2CO)c1F. The molecule has 1 aliphatic rings. The highest BCUT2D eigenvalue weighted by atomic mass is 19.1. The van der Waals surface area contributed by atoms with E-state index in [4.69, 9.17) is 10.8 Å². The Bertz CT molecular complexity index is 479. The standard InChI is InChI=1S/C12H14F2N2O2/c13-7-4-9(11(14)10(15)5-7)12(18)16-3-1-2-8(16)6-17/h4-5,8,17H,1-3,6,15H2/t8-/m0/s1. The number of amides is 1. The molecule has 98 valence electrons. The predicted octanol–water partition coefficient (Wildman–Crippen LogP) is 1.14. The number of nitrogens with two attached hydrogens (primary N) is 1. The Kier molecular flexibility index (Phi) is 3.47. The molecule has 3 N–H and O–H groups in total. The lowest BCUT2D eigenvalue weighted by Gasteiger charge is -2.23. The second kappa shape index (κ2) is 4.89. The summed E-state index contributed by atoms with van der Waals surface area (Å²) < 4.78 is 26.9. The maximum atomic E-state index is 13.7. The molecule has 1 heterocycles. The number of nitrogen functional groups attached to an aromatic ring is 1. The van der Waals surface area contributed by atoms with Gasteiger partial charge in [0.25, 0.3) is 5.91 Å². The van der Waals surface area contributed by atoms with E-state index in [0.717, 1.165) is 18.6 Å².